The molecule has 2 nitrogen and oxygen atoms in total. The molecule has 0 atom stereocenters. The predicted octanol–water partition coefficient (Wildman–Crippen LogP) is 21.6. The summed E-state index contributed by atoms with van der Waals surface area (Å²) in [5, 5.41) is 0. The van der Waals surface area contributed by atoms with Crippen LogP contribution in [0.1, 0.15) is 361 Å². The lowest BCUT2D eigenvalue weighted by Crippen LogP contribution is -2.05. The maximum absolute atomic E-state index is 12.1. The third-order valence-electron chi connectivity index (χ3n) is 13.7. The molecule has 0 aliphatic heterocycles. The summed E-state index contributed by atoms with van der Waals surface area (Å²) in [6.45, 7) is 5.25. The molecule has 0 saturated heterocycles. The van der Waals surface area contributed by atoms with Crippen molar-refractivity contribution >= 4 is 5.97 Å². The highest BCUT2D eigenvalue weighted by Crippen LogP contribution is 2.18. The summed E-state index contributed by atoms with van der Waals surface area (Å²) in [7, 11) is 0. The lowest BCUT2D eigenvalue weighted by molar-refractivity contribution is -0.143. The van der Waals surface area contributed by atoms with E-state index in [1.807, 2.05) is 0 Å². The van der Waals surface area contributed by atoms with Crippen LogP contribution in [0, 0.1) is 0 Å². The van der Waals surface area contributed by atoms with E-state index in [4.69, 9.17) is 4.74 Å². The highest BCUT2D eigenvalue weighted by atomic mass is 16.5. The fourth-order valence-corrected chi connectivity index (χ4v) is 9.44. The molecule has 0 heterocycles. The second-order valence-electron chi connectivity index (χ2n) is 20.0. The minimum Gasteiger partial charge on any atom is -0.466 e. The Labute approximate surface area is 381 Å². The van der Waals surface area contributed by atoms with Crippen LogP contribution in [0.5, 0.6) is 0 Å². The van der Waals surface area contributed by atoms with E-state index in [-0.39, 0.29) is 5.97 Å². The van der Waals surface area contributed by atoms with Crippen LogP contribution in [0.25, 0.3) is 0 Å². The molecule has 360 valence electrons. The average molecular weight is 846 g/mol. The summed E-state index contributed by atoms with van der Waals surface area (Å²) < 4.78 is 5.52. The molecule has 0 fully saturated rings. The maximum Gasteiger partial charge on any atom is 0.305 e. The van der Waals surface area contributed by atoms with E-state index in [9.17, 15) is 4.79 Å². The van der Waals surface area contributed by atoms with Crippen molar-refractivity contribution in [2.75, 3.05) is 6.61 Å². The van der Waals surface area contributed by atoms with Gasteiger partial charge in [-0.25, -0.2) is 0 Å². The first-order chi connectivity index (χ1) is 29.8. The molecule has 0 N–H and O–H groups in total. The zero-order valence-electron chi connectivity index (χ0n) is 42.2. The molecule has 0 amide bonds. The van der Waals surface area contributed by atoms with Crippen molar-refractivity contribution in [2.24, 2.45) is 0 Å². The Hall–Kier alpha value is -0.530. The van der Waals surface area contributed by atoms with Crippen molar-refractivity contribution in [3.63, 3.8) is 0 Å². The van der Waals surface area contributed by atoms with Gasteiger partial charge in [0.25, 0.3) is 0 Å². The number of esters is 1. The van der Waals surface area contributed by atoms with Gasteiger partial charge in [-0.1, -0.05) is 341 Å². The third-order valence-corrected chi connectivity index (χ3v) is 13.7. The zero-order valence-corrected chi connectivity index (χ0v) is 42.2. The quantitative estimate of drug-likeness (QED) is 0.0450. The van der Waals surface area contributed by atoms with Gasteiger partial charge in [-0.2, -0.15) is 0 Å². The molecule has 0 rings (SSSR count). The third kappa shape index (κ3) is 55.5. The molecule has 2 heteroatoms. The van der Waals surface area contributed by atoms with E-state index in [1.54, 1.807) is 0 Å². The van der Waals surface area contributed by atoms with Crippen molar-refractivity contribution in [3.8, 4) is 0 Å². The summed E-state index contributed by atoms with van der Waals surface area (Å²) in [5.41, 5.74) is 0. The van der Waals surface area contributed by atoms with E-state index in [0.29, 0.717) is 13.0 Å². The molecule has 0 aromatic rings. The second-order valence-corrected chi connectivity index (χ2v) is 20.0. The van der Waals surface area contributed by atoms with Crippen molar-refractivity contribution < 1.29 is 9.53 Å². The number of carbonyl (C=O) groups excluding carboxylic acids is 1. The molecular formula is C58H116O2. The fourth-order valence-electron chi connectivity index (χ4n) is 9.44. The summed E-state index contributed by atoms with van der Waals surface area (Å²) in [6, 6.07) is 0. The van der Waals surface area contributed by atoms with Crippen LogP contribution in [0.2, 0.25) is 0 Å². The molecule has 0 spiro atoms. The lowest BCUT2D eigenvalue weighted by atomic mass is 10.0. The minimum atomic E-state index is 0.0363. The Morgan fingerprint density at radius 2 is 0.367 bits per heavy atom. The van der Waals surface area contributed by atoms with Gasteiger partial charge >= 0.3 is 5.97 Å². The van der Waals surface area contributed by atoms with Crippen molar-refractivity contribution in [1.29, 1.82) is 0 Å². The van der Waals surface area contributed by atoms with Gasteiger partial charge < -0.3 is 4.74 Å². The van der Waals surface area contributed by atoms with Crippen LogP contribution in [-0.4, -0.2) is 12.6 Å². The number of carbonyl (C=O) groups is 1. The molecule has 60 heavy (non-hydrogen) atoms. The van der Waals surface area contributed by atoms with Gasteiger partial charge in [0.15, 0.2) is 0 Å². The van der Waals surface area contributed by atoms with Crippen molar-refractivity contribution in [3.05, 3.63) is 0 Å². The first-order valence-electron chi connectivity index (χ1n) is 29.0. The lowest BCUT2D eigenvalue weighted by Gasteiger charge is -2.06. The van der Waals surface area contributed by atoms with E-state index in [2.05, 4.69) is 13.8 Å². The Morgan fingerprint density at radius 1 is 0.217 bits per heavy atom. The van der Waals surface area contributed by atoms with Crippen molar-refractivity contribution in [2.45, 2.75) is 361 Å². The van der Waals surface area contributed by atoms with Crippen LogP contribution in [0.15, 0.2) is 0 Å². The molecule has 0 aliphatic carbocycles. The highest BCUT2D eigenvalue weighted by molar-refractivity contribution is 5.69. The van der Waals surface area contributed by atoms with Gasteiger partial charge in [-0.3, -0.25) is 4.79 Å². The van der Waals surface area contributed by atoms with Gasteiger partial charge in [-0.05, 0) is 12.8 Å². The maximum atomic E-state index is 12.1. The van der Waals surface area contributed by atoms with Crippen molar-refractivity contribution in [1.82, 2.24) is 0 Å². The second kappa shape index (κ2) is 56.5. The number of hydrogen-bond donors (Lipinski definition) is 0. The van der Waals surface area contributed by atoms with E-state index >= 15 is 0 Å². The summed E-state index contributed by atoms with van der Waals surface area (Å²) in [5.74, 6) is 0.0363. The Morgan fingerprint density at radius 3 is 0.550 bits per heavy atom. The zero-order chi connectivity index (χ0) is 43.2. The first-order valence-corrected chi connectivity index (χ1v) is 29.0. The predicted molar refractivity (Wildman–Crippen MR) is 272 cm³/mol. The minimum absolute atomic E-state index is 0.0363. The molecule has 0 unspecified atom stereocenters. The van der Waals surface area contributed by atoms with Crippen LogP contribution in [0.3, 0.4) is 0 Å². The highest BCUT2D eigenvalue weighted by Gasteiger charge is 2.03. The molecule has 0 radical (unpaired) electrons. The van der Waals surface area contributed by atoms with Gasteiger partial charge in [0.1, 0.15) is 0 Å². The van der Waals surface area contributed by atoms with Gasteiger partial charge in [0, 0.05) is 6.42 Å². The molecule has 0 aromatic heterocycles. The largest absolute Gasteiger partial charge is 0.466 e. The van der Waals surface area contributed by atoms with Gasteiger partial charge in [-0.15, -0.1) is 0 Å². The molecule has 0 saturated carbocycles. The first kappa shape index (κ1) is 59.5. The van der Waals surface area contributed by atoms with Crippen LogP contribution in [-0.2, 0) is 9.53 Å². The summed E-state index contributed by atoms with van der Waals surface area (Å²) in [4.78, 5) is 12.1. The Kier molecular flexibility index (Phi) is 56.0. The molecule has 0 aromatic carbocycles. The average Bonchev–Trinajstić information content (AvgIpc) is 3.25. The Bertz CT molecular complexity index is 747. The number of hydrogen-bond acceptors (Lipinski definition) is 2. The van der Waals surface area contributed by atoms with Crippen LogP contribution >= 0.6 is 0 Å². The summed E-state index contributed by atoms with van der Waals surface area (Å²) in [6.07, 6.45) is 75.8. The van der Waals surface area contributed by atoms with Gasteiger partial charge in [0.05, 0.1) is 6.61 Å². The molecule has 0 aliphatic rings. The smallest absolute Gasteiger partial charge is 0.305 e. The van der Waals surface area contributed by atoms with E-state index in [0.717, 1.165) is 12.8 Å². The van der Waals surface area contributed by atoms with Crippen LogP contribution in [0.4, 0.5) is 0 Å². The van der Waals surface area contributed by atoms with E-state index in [1.165, 1.54) is 327 Å². The normalized spacial score (nSPS) is 11.6. The number of rotatable bonds is 55. The summed E-state index contributed by atoms with van der Waals surface area (Å²) >= 11 is 0. The van der Waals surface area contributed by atoms with Crippen LogP contribution < -0.4 is 0 Å². The standard InChI is InChI=1S/C58H116O2/c1-3-5-7-9-11-13-15-17-19-21-23-25-27-29-30-31-32-34-36-38-40-42-44-46-48-50-52-54-56-58(59)60-57-55-53-51-49-47-45-43-41-39-37-35-33-28-26-24-22-20-18-16-14-12-10-8-6-4-2/h3-57H2,1-2H3. The molecular weight excluding hydrogens is 729 g/mol. The van der Waals surface area contributed by atoms with E-state index < -0.39 is 0 Å². The number of ether oxygens (including phenoxy) is 1. The number of unbranched alkanes of at least 4 members (excludes halogenated alkanes) is 51. The monoisotopic (exact) mass is 845 g/mol. The van der Waals surface area contributed by atoms with Gasteiger partial charge in [0.2, 0.25) is 0 Å². The molecule has 0 bridgehead atoms. The SMILES string of the molecule is CCCCCCCCCCCCCCCCCCCCCCCCCCCCCCC(=O)OCCCCCCCCCCCCCCCCCCCCCCCCCCC. The topological polar surface area (TPSA) is 26.3 Å². The Balaban J connectivity index is 3.14. The fraction of sp³-hybridized carbons (Fsp3) is 0.983.